The maximum atomic E-state index is 12.2. The molecule has 3 heterocycles. The number of sulfone groups is 1. The van der Waals surface area contributed by atoms with E-state index in [1.54, 1.807) is 12.4 Å². The van der Waals surface area contributed by atoms with E-state index in [9.17, 15) is 8.42 Å². The molecule has 1 fully saturated rings. The summed E-state index contributed by atoms with van der Waals surface area (Å²) < 4.78 is 34.0. The van der Waals surface area contributed by atoms with Crippen LogP contribution in [-0.2, 0) is 41.3 Å². The van der Waals surface area contributed by atoms with Crippen LogP contribution >= 0.6 is 0 Å². The van der Waals surface area contributed by atoms with Crippen molar-refractivity contribution >= 4 is 9.84 Å². The molecule has 1 atom stereocenters. The van der Waals surface area contributed by atoms with Crippen LogP contribution in [0.25, 0.3) is 0 Å². The van der Waals surface area contributed by atoms with E-state index >= 15 is 0 Å². The Kier molecular flexibility index (Phi) is 6.02. The van der Waals surface area contributed by atoms with E-state index in [0.717, 1.165) is 31.0 Å². The number of rotatable bonds is 8. The fraction of sp³-hybridized carbons (Fsp3) is 0.667. The zero-order valence-electron chi connectivity index (χ0n) is 16.5. The van der Waals surface area contributed by atoms with Crippen molar-refractivity contribution in [3.63, 3.8) is 0 Å². The molecule has 0 spiro atoms. The van der Waals surface area contributed by atoms with Gasteiger partial charge < -0.3 is 13.9 Å². The maximum Gasteiger partial charge on any atom is 0.227 e. The topological polar surface area (TPSA) is 82.3 Å². The SMILES string of the molecule is CC(C)N(Cc1nccn1C)Cc1cnc(S(C)(=O)=O)n1CC1CCCO1. The third-order valence-electron chi connectivity index (χ3n) is 5.00. The molecule has 2 aromatic rings. The molecule has 0 saturated carbocycles. The van der Waals surface area contributed by atoms with Crippen molar-refractivity contribution in [2.45, 2.75) is 63.6 Å². The molecule has 150 valence electrons. The van der Waals surface area contributed by atoms with Gasteiger partial charge in [0.15, 0.2) is 0 Å². The Morgan fingerprint density at radius 1 is 1.33 bits per heavy atom. The van der Waals surface area contributed by atoms with Gasteiger partial charge in [0.2, 0.25) is 15.0 Å². The monoisotopic (exact) mass is 395 g/mol. The first-order valence-electron chi connectivity index (χ1n) is 9.32. The van der Waals surface area contributed by atoms with Gasteiger partial charge in [0, 0.05) is 44.9 Å². The first kappa shape index (κ1) is 20.0. The summed E-state index contributed by atoms with van der Waals surface area (Å²) in [5.74, 6) is 0.970. The van der Waals surface area contributed by atoms with Gasteiger partial charge in [-0.2, -0.15) is 0 Å². The predicted octanol–water partition coefficient (Wildman–Crippen LogP) is 1.61. The molecule has 0 radical (unpaired) electrons. The van der Waals surface area contributed by atoms with Gasteiger partial charge in [0.1, 0.15) is 5.82 Å². The highest BCUT2D eigenvalue weighted by Gasteiger charge is 2.25. The summed E-state index contributed by atoms with van der Waals surface area (Å²) in [6.07, 6.45) is 8.61. The van der Waals surface area contributed by atoms with Crippen molar-refractivity contribution in [3.8, 4) is 0 Å². The number of aromatic nitrogens is 4. The second-order valence-electron chi connectivity index (χ2n) is 7.50. The second-order valence-corrected chi connectivity index (χ2v) is 9.41. The molecule has 1 aliphatic rings. The van der Waals surface area contributed by atoms with Crippen molar-refractivity contribution < 1.29 is 13.2 Å². The molecule has 0 N–H and O–H groups in total. The Morgan fingerprint density at radius 3 is 2.67 bits per heavy atom. The summed E-state index contributed by atoms with van der Waals surface area (Å²) >= 11 is 0. The molecular formula is C18H29N5O3S. The number of hydrogen-bond donors (Lipinski definition) is 0. The van der Waals surface area contributed by atoms with E-state index in [4.69, 9.17) is 4.74 Å². The quantitative estimate of drug-likeness (QED) is 0.675. The average Bonchev–Trinajstić information content (AvgIpc) is 3.30. The number of ether oxygens (including phenoxy) is 1. The fourth-order valence-corrected chi connectivity index (χ4v) is 4.20. The lowest BCUT2D eigenvalue weighted by atomic mass is 10.2. The third kappa shape index (κ3) is 4.77. The van der Waals surface area contributed by atoms with Gasteiger partial charge in [-0.3, -0.25) is 4.90 Å². The van der Waals surface area contributed by atoms with Crippen LogP contribution in [-0.4, -0.2) is 57.4 Å². The molecule has 9 heteroatoms. The summed E-state index contributed by atoms with van der Waals surface area (Å²) in [4.78, 5) is 10.9. The van der Waals surface area contributed by atoms with Gasteiger partial charge in [-0.15, -0.1) is 0 Å². The standard InChI is InChI=1S/C18H29N5O3S/c1-14(2)22(13-17-19-7-8-21(17)3)11-15-10-20-18(27(4,24)25)23(15)12-16-6-5-9-26-16/h7-8,10,14,16H,5-6,9,11-13H2,1-4H3. The minimum Gasteiger partial charge on any atom is -0.376 e. The van der Waals surface area contributed by atoms with Crippen LogP contribution in [0.4, 0.5) is 0 Å². The van der Waals surface area contributed by atoms with Gasteiger partial charge in [-0.25, -0.2) is 18.4 Å². The van der Waals surface area contributed by atoms with E-state index in [0.29, 0.717) is 19.6 Å². The summed E-state index contributed by atoms with van der Waals surface area (Å²) in [7, 11) is -1.43. The Morgan fingerprint density at radius 2 is 2.11 bits per heavy atom. The van der Waals surface area contributed by atoms with Crippen LogP contribution in [0, 0.1) is 0 Å². The minimum atomic E-state index is -3.41. The van der Waals surface area contributed by atoms with Crippen LogP contribution in [0.3, 0.4) is 0 Å². The predicted molar refractivity (Wildman–Crippen MR) is 102 cm³/mol. The maximum absolute atomic E-state index is 12.2. The van der Waals surface area contributed by atoms with E-state index in [1.165, 1.54) is 6.26 Å². The lowest BCUT2D eigenvalue weighted by molar-refractivity contribution is 0.0926. The number of imidazole rings is 2. The zero-order chi connectivity index (χ0) is 19.6. The van der Waals surface area contributed by atoms with E-state index < -0.39 is 9.84 Å². The van der Waals surface area contributed by atoms with Crippen LogP contribution in [0.1, 0.15) is 38.2 Å². The van der Waals surface area contributed by atoms with E-state index in [2.05, 4.69) is 28.7 Å². The normalized spacial score (nSPS) is 18.1. The molecule has 8 nitrogen and oxygen atoms in total. The Balaban J connectivity index is 1.87. The smallest absolute Gasteiger partial charge is 0.227 e. The highest BCUT2D eigenvalue weighted by molar-refractivity contribution is 7.90. The fourth-order valence-electron chi connectivity index (χ4n) is 3.36. The van der Waals surface area contributed by atoms with Crippen LogP contribution in [0.5, 0.6) is 0 Å². The molecule has 0 aliphatic carbocycles. The molecule has 1 saturated heterocycles. The van der Waals surface area contributed by atoms with Crippen molar-refractivity contribution in [2.75, 3.05) is 12.9 Å². The summed E-state index contributed by atoms with van der Waals surface area (Å²) in [6, 6.07) is 0.273. The molecule has 0 bridgehead atoms. The van der Waals surface area contributed by atoms with Crippen LogP contribution in [0.2, 0.25) is 0 Å². The second kappa shape index (κ2) is 8.12. The van der Waals surface area contributed by atoms with E-state index in [1.807, 2.05) is 22.4 Å². The van der Waals surface area contributed by atoms with E-state index in [-0.39, 0.29) is 17.3 Å². The highest BCUT2D eigenvalue weighted by atomic mass is 32.2. The van der Waals surface area contributed by atoms with Gasteiger partial charge in [0.25, 0.3) is 0 Å². The van der Waals surface area contributed by atoms with Gasteiger partial charge in [-0.1, -0.05) is 0 Å². The number of aryl methyl sites for hydroxylation is 1. The largest absolute Gasteiger partial charge is 0.376 e. The van der Waals surface area contributed by atoms with Crippen molar-refractivity contribution in [2.24, 2.45) is 7.05 Å². The summed E-state index contributed by atoms with van der Waals surface area (Å²) in [6.45, 7) is 6.79. The van der Waals surface area contributed by atoms with Crippen molar-refractivity contribution in [1.82, 2.24) is 24.0 Å². The van der Waals surface area contributed by atoms with Crippen molar-refractivity contribution in [1.29, 1.82) is 0 Å². The van der Waals surface area contributed by atoms with Crippen LogP contribution < -0.4 is 0 Å². The Hall–Kier alpha value is -1.71. The van der Waals surface area contributed by atoms with Crippen LogP contribution in [0.15, 0.2) is 23.7 Å². The Labute approximate surface area is 161 Å². The lowest BCUT2D eigenvalue weighted by Crippen LogP contribution is -2.32. The van der Waals surface area contributed by atoms with Gasteiger partial charge >= 0.3 is 0 Å². The zero-order valence-corrected chi connectivity index (χ0v) is 17.3. The molecule has 2 aromatic heterocycles. The summed E-state index contributed by atoms with van der Waals surface area (Å²) in [5, 5.41) is 0.119. The summed E-state index contributed by atoms with van der Waals surface area (Å²) in [5.41, 5.74) is 0.883. The van der Waals surface area contributed by atoms with Gasteiger partial charge in [0.05, 0.1) is 31.1 Å². The molecule has 1 unspecified atom stereocenters. The number of nitrogens with zero attached hydrogens (tertiary/aromatic N) is 5. The third-order valence-corrected chi connectivity index (χ3v) is 5.99. The molecule has 0 aromatic carbocycles. The van der Waals surface area contributed by atoms with Gasteiger partial charge in [-0.05, 0) is 26.7 Å². The molecule has 3 rings (SSSR count). The Bertz CT molecular complexity index is 865. The highest BCUT2D eigenvalue weighted by Crippen LogP contribution is 2.21. The molecular weight excluding hydrogens is 366 g/mol. The number of hydrogen-bond acceptors (Lipinski definition) is 6. The lowest BCUT2D eigenvalue weighted by Gasteiger charge is -2.27. The molecule has 0 amide bonds. The average molecular weight is 396 g/mol. The molecule has 1 aliphatic heterocycles. The van der Waals surface area contributed by atoms with Crippen molar-refractivity contribution in [3.05, 3.63) is 30.1 Å². The minimum absolute atomic E-state index is 0.0421. The molecule has 27 heavy (non-hydrogen) atoms. The first-order chi connectivity index (χ1) is 12.8. The first-order valence-corrected chi connectivity index (χ1v) is 11.2.